The summed E-state index contributed by atoms with van der Waals surface area (Å²) in [5.41, 5.74) is 1.15. The Bertz CT molecular complexity index is 594. The van der Waals surface area contributed by atoms with Crippen molar-refractivity contribution in [2.75, 3.05) is 12.4 Å². The van der Waals surface area contributed by atoms with E-state index in [1.807, 2.05) is 19.3 Å². The van der Waals surface area contributed by atoms with Crippen LogP contribution in [0.15, 0.2) is 30.5 Å². The highest BCUT2D eigenvalue weighted by Gasteiger charge is 2.20. The van der Waals surface area contributed by atoms with Crippen molar-refractivity contribution in [1.82, 2.24) is 9.78 Å². The van der Waals surface area contributed by atoms with Gasteiger partial charge in [0.05, 0.1) is 24.3 Å². The molecule has 0 aliphatic carbocycles. The van der Waals surface area contributed by atoms with E-state index in [0.29, 0.717) is 12.2 Å². The van der Waals surface area contributed by atoms with Crippen molar-refractivity contribution >= 4 is 11.4 Å². The van der Waals surface area contributed by atoms with Crippen LogP contribution in [0.3, 0.4) is 0 Å². The van der Waals surface area contributed by atoms with E-state index in [9.17, 15) is 10.1 Å². The van der Waals surface area contributed by atoms with Gasteiger partial charge >= 0.3 is 5.69 Å². The number of para-hydroxylation sites is 1. The summed E-state index contributed by atoms with van der Waals surface area (Å²) < 4.78 is 6.68. The number of ether oxygens (including phenoxy) is 1. The molecule has 0 bridgehead atoms. The van der Waals surface area contributed by atoms with Gasteiger partial charge in [-0.1, -0.05) is 6.07 Å². The molecule has 0 aliphatic heterocycles. The van der Waals surface area contributed by atoms with Crippen molar-refractivity contribution in [3.63, 3.8) is 0 Å². The van der Waals surface area contributed by atoms with Crippen molar-refractivity contribution in [3.8, 4) is 5.75 Å². The maximum absolute atomic E-state index is 11.1. The van der Waals surface area contributed by atoms with Crippen LogP contribution in [0.1, 0.15) is 5.69 Å². The Balaban J connectivity index is 2.22. The van der Waals surface area contributed by atoms with Crippen LogP contribution in [0.2, 0.25) is 0 Å². The number of rotatable bonds is 5. The first-order valence-electron chi connectivity index (χ1n) is 5.65. The van der Waals surface area contributed by atoms with E-state index in [0.717, 1.165) is 5.69 Å². The Morgan fingerprint density at radius 3 is 2.84 bits per heavy atom. The zero-order chi connectivity index (χ0) is 13.8. The molecule has 2 aromatic rings. The highest BCUT2D eigenvalue weighted by atomic mass is 16.6. The fraction of sp³-hybridized carbons (Fsp3) is 0.250. The normalized spacial score (nSPS) is 10.2. The smallest absolute Gasteiger partial charge is 0.333 e. The number of hydrogen-bond donors (Lipinski definition) is 1. The number of nitro groups is 1. The summed E-state index contributed by atoms with van der Waals surface area (Å²) in [5.74, 6) is 0.232. The van der Waals surface area contributed by atoms with E-state index in [4.69, 9.17) is 4.74 Å². The minimum atomic E-state index is -0.459. The van der Waals surface area contributed by atoms with Gasteiger partial charge in [0, 0.05) is 13.2 Å². The van der Waals surface area contributed by atoms with Gasteiger partial charge in [-0.15, -0.1) is 0 Å². The lowest BCUT2D eigenvalue weighted by atomic mass is 10.2. The largest absolute Gasteiger partial charge is 0.490 e. The van der Waals surface area contributed by atoms with Crippen molar-refractivity contribution in [1.29, 1.82) is 0 Å². The van der Waals surface area contributed by atoms with Gasteiger partial charge in [-0.3, -0.25) is 14.8 Å². The molecular weight excluding hydrogens is 248 g/mol. The number of anilines is 1. The molecule has 0 radical (unpaired) electrons. The third-order valence-corrected chi connectivity index (χ3v) is 2.63. The second kappa shape index (κ2) is 5.38. The summed E-state index contributed by atoms with van der Waals surface area (Å²) in [6, 6.07) is 6.75. The zero-order valence-corrected chi connectivity index (χ0v) is 10.7. The molecule has 19 heavy (non-hydrogen) atoms. The Hall–Kier alpha value is -2.57. The molecular formula is C12H14N4O3. The van der Waals surface area contributed by atoms with Crippen LogP contribution in [-0.2, 0) is 13.6 Å². The predicted octanol–water partition coefficient (Wildman–Crippen LogP) is 1.95. The molecule has 0 spiro atoms. The maximum atomic E-state index is 11.1. The van der Waals surface area contributed by atoms with Crippen molar-refractivity contribution in [3.05, 3.63) is 46.3 Å². The topological polar surface area (TPSA) is 82.2 Å². The van der Waals surface area contributed by atoms with E-state index in [2.05, 4.69) is 10.4 Å². The molecule has 0 atom stereocenters. The molecule has 1 aromatic carbocycles. The molecule has 100 valence electrons. The first-order valence-corrected chi connectivity index (χ1v) is 5.65. The van der Waals surface area contributed by atoms with Crippen LogP contribution in [0.25, 0.3) is 0 Å². The predicted molar refractivity (Wildman–Crippen MR) is 70.2 cm³/mol. The summed E-state index contributed by atoms with van der Waals surface area (Å²) >= 11 is 0. The van der Waals surface area contributed by atoms with Gasteiger partial charge in [-0.2, -0.15) is 5.10 Å². The lowest BCUT2D eigenvalue weighted by Crippen LogP contribution is -2.04. The van der Waals surface area contributed by atoms with Gasteiger partial charge < -0.3 is 10.1 Å². The molecule has 0 amide bonds. The van der Waals surface area contributed by atoms with Gasteiger partial charge in [0.1, 0.15) is 5.69 Å². The standard InChI is InChI=1S/C12H14N4O3/c1-15-7-6-9(14-15)8-13-10-4-3-5-11(19-2)12(10)16(17)18/h3-7,13H,8H2,1-2H3. The highest BCUT2D eigenvalue weighted by molar-refractivity contribution is 5.68. The average molecular weight is 262 g/mol. The zero-order valence-electron chi connectivity index (χ0n) is 10.7. The van der Waals surface area contributed by atoms with E-state index in [-0.39, 0.29) is 11.4 Å². The van der Waals surface area contributed by atoms with Gasteiger partial charge in [0.2, 0.25) is 0 Å². The number of nitrogens with one attached hydrogen (secondary N) is 1. The van der Waals surface area contributed by atoms with Gasteiger partial charge in [-0.05, 0) is 18.2 Å². The second-order valence-corrected chi connectivity index (χ2v) is 3.95. The molecule has 0 aliphatic rings. The summed E-state index contributed by atoms with van der Waals surface area (Å²) in [6.45, 7) is 0.412. The maximum Gasteiger partial charge on any atom is 0.333 e. The Labute approximate surface area is 110 Å². The lowest BCUT2D eigenvalue weighted by molar-refractivity contribution is -0.384. The molecule has 2 rings (SSSR count). The first-order chi connectivity index (χ1) is 9.11. The van der Waals surface area contributed by atoms with Crippen LogP contribution >= 0.6 is 0 Å². The van der Waals surface area contributed by atoms with Crippen LogP contribution < -0.4 is 10.1 Å². The number of aryl methyl sites for hydroxylation is 1. The van der Waals surface area contributed by atoms with Gasteiger partial charge in [0.25, 0.3) is 0 Å². The second-order valence-electron chi connectivity index (χ2n) is 3.95. The average Bonchev–Trinajstić information content (AvgIpc) is 2.81. The van der Waals surface area contributed by atoms with Crippen LogP contribution in [0.5, 0.6) is 5.75 Å². The lowest BCUT2D eigenvalue weighted by Gasteiger charge is -2.08. The Morgan fingerprint density at radius 2 is 2.26 bits per heavy atom. The Morgan fingerprint density at radius 1 is 1.47 bits per heavy atom. The minimum absolute atomic E-state index is 0.0686. The molecule has 0 saturated heterocycles. The van der Waals surface area contributed by atoms with Gasteiger partial charge in [-0.25, -0.2) is 0 Å². The molecule has 1 heterocycles. The van der Waals surface area contributed by atoms with Crippen LogP contribution in [-0.4, -0.2) is 21.8 Å². The molecule has 7 nitrogen and oxygen atoms in total. The van der Waals surface area contributed by atoms with Crippen LogP contribution in [0, 0.1) is 10.1 Å². The molecule has 1 aromatic heterocycles. The summed E-state index contributed by atoms with van der Waals surface area (Å²) in [6.07, 6.45) is 1.82. The first kappa shape index (κ1) is 12.9. The fourth-order valence-corrected chi connectivity index (χ4v) is 1.76. The monoisotopic (exact) mass is 262 g/mol. The van der Waals surface area contributed by atoms with Crippen LogP contribution in [0.4, 0.5) is 11.4 Å². The summed E-state index contributed by atoms with van der Waals surface area (Å²) in [5, 5.41) is 18.3. The van der Waals surface area contributed by atoms with Crippen molar-refractivity contribution < 1.29 is 9.66 Å². The minimum Gasteiger partial charge on any atom is -0.490 e. The number of nitrogens with zero attached hydrogens (tertiary/aromatic N) is 3. The number of benzene rings is 1. The molecule has 0 unspecified atom stereocenters. The van der Waals surface area contributed by atoms with E-state index < -0.39 is 4.92 Å². The third kappa shape index (κ3) is 2.82. The summed E-state index contributed by atoms with van der Waals surface area (Å²) in [7, 11) is 3.22. The fourth-order valence-electron chi connectivity index (χ4n) is 1.76. The quantitative estimate of drug-likeness (QED) is 0.657. The van der Waals surface area contributed by atoms with E-state index >= 15 is 0 Å². The molecule has 0 saturated carbocycles. The van der Waals surface area contributed by atoms with Gasteiger partial charge in [0.15, 0.2) is 5.75 Å². The Kier molecular flexibility index (Phi) is 3.65. The molecule has 7 heteroatoms. The van der Waals surface area contributed by atoms with Crippen molar-refractivity contribution in [2.24, 2.45) is 7.05 Å². The highest BCUT2D eigenvalue weighted by Crippen LogP contribution is 2.34. The molecule has 1 N–H and O–H groups in total. The van der Waals surface area contributed by atoms with E-state index in [1.54, 1.807) is 22.9 Å². The SMILES string of the molecule is COc1cccc(NCc2ccn(C)n2)c1[N+](=O)[O-]. The summed E-state index contributed by atoms with van der Waals surface area (Å²) in [4.78, 5) is 10.6. The number of methoxy groups -OCH3 is 1. The number of nitro benzene ring substituents is 1. The van der Waals surface area contributed by atoms with Crippen molar-refractivity contribution in [2.45, 2.75) is 6.54 Å². The number of hydrogen-bond acceptors (Lipinski definition) is 5. The third-order valence-electron chi connectivity index (χ3n) is 2.63. The molecule has 0 fully saturated rings. The van der Waals surface area contributed by atoms with E-state index in [1.165, 1.54) is 7.11 Å². The number of aromatic nitrogens is 2.